The molecule has 0 aliphatic carbocycles. The zero-order valence-corrected chi connectivity index (χ0v) is 12.3. The quantitative estimate of drug-likeness (QED) is 0.344. The summed E-state index contributed by atoms with van der Waals surface area (Å²) in [4.78, 5) is 12.1. The number of nitrogens with two attached hydrogens (primary N) is 1. The Hall–Kier alpha value is -2.41. The van der Waals surface area contributed by atoms with Crippen LogP contribution in [0.4, 0.5) is 10.1 Å². The van der Waals surface area contributed by atoms with E-state index in [0.717, 1.165) is 0 Å². The fourth-order valence-corrected chi connectivity index (χ4v) is 2.06. The van der Waals surface area contributed by atoms with Crippen molar-refractivity contribution in [1.82, 2.24) is 0 Å². The molecule has 1 amide bonds. The molecular weight excluding hydrogens is 341 g/mol. The van der Waals surface area contributed by atoms with Crippen LogP contribution in [0.5, 0.6) is 0 Å². The first kappa shape index (κ1) is 15.0. The highest BCUT2D eigenvalue weighted by molar-refractivity contribution is 9.10. The lowest BCUT2D eigenvalue weighted by molar-refractivity contribution is 0.102. The molecule has 0 aliphatic heterocycles. The van der Waals surface area contributed by atoms with Gasteiger partial charge in [-0.15, -0.1) is 0 Å². The number of nitrogens with one attached hydrogen (secondary N) is 1. The van der Waals surface area contributed by atoms with Crippen LogP contribution in [0.25, 0.3) is 0 Å². The molecule has 4 N–H and O–H groups in total. The van der Waals surface area contributed by atoms with E-state index in [1.54, 1.807) is 24.3 Å². The number of nitrogens with zero attached hydrogens (tertiary/aromatic N) is 1. The second kappa shape index (κ2) is 6.36. The van der Waals surface area contributed by atoms with Gasteiger partial charge in [0.2, 0.25) is 0 Å². The van der Waals surface area contributed by atoms with E-state index in [1.807, 2.05) is 0 Å². The number of carbonyl (C=O) groups is 1. The molecule has 0 radical (unpaired) electrons. The van der Waals surface area contributed by atoms with Gasteiger partial charge in [-0.25, -0.2) is 4.39 Å². The third-order valence-electron chi connectivity index (χ3n) is 2.72. The maximum atomic E-state index is 13.8. The summed E-state index contributed by atoms with van der Waals surface area (Å²) in [7, 11) is 0. The van der Waals surface area contributed by atoms with Gasteiger partial charge in [0.05, 0.1) is 10.0 Å². The van der Waals surface area contributed by atoms with Gasteiger partial charge < -0.3 is 16.3 Å². The Balaban J connectivity index is 2.26. The van der Waals surface area contributed by atoms with E-state index >= 15 is 0 Å². The first-order valence-electron chi connectivity index (χ1n) is 5.86. The number of oxime groups is 1. The fourth-order valence-electron chi connectivity index (χ4n) is 1.69. The molecule has 7 heteroatoms. The number of amidine groups is 1. The molecule has 0 heterocycles. The third-order valence-corrected chi connectivity index (χ3v) is 3.33. The lowest BCUT2D eigenvalue weighted by Gasteiger charge is -2.08. The first-order chi connectivity index (χ1) is 10.0. The second-order valence-corrected chi connectivity index (χ2v) is 4.98. The van der Waals surface area contributed by atoms with Crippen molar-refractivity contribution in [3.8, 4) is 0 Å². The zero-order chi connectivity index (χ0) is 15.4. The molecule has 0 saturated heterocycles. The number of benzene rings is 2. The van der Waals surface area contributed by atoms with Crippen LogP contribution < -0.4 is 11.1 Å². The van der Waals surface area contributed by atoms with Gasteiger partial charge >= 0.3 is 0 Å². The molecule has 21 heavy (non-hydrogen) atoms. The minimum absolute atomic E-state index is 0.0836. The maximum absolute atomic E-state index is 13.8. The molecule has 0 unspecified atom stereocenters. The van der Waals surface area contributed by atoms with Crippen LogP contribution in [0.3, 0.4) is 0 Å². The van der Waals surface area contributed by atoms with E-state index in [1.165, 1.54) is 18.2 Å². The Morgan fingerprint density at radius 3 is 2.71 bits per heavy atom. The Bertz CT molecular complexity index is 719. The molecule has 5 nitrogen and oxygen atoms in total. The molecule has 0 aromatic heterocycles. The summed E-state index contributed by atoms with van der Waals surface area (Å²) >= 11 is 3.02. The van der Waals surface area contributed by atoms with Crippen molar-refractivity contribution < 1.29 is 14.4 Å². The Kier molecular flexibility index (Phi) is 4.54. The van der Waals surface area contributed by atoms with E-state index in [4.69, 9.17) is 10.9 Å². The van der Waals surface area contributed by atoms with Crippen molar-refractivity contribution in [3.05, 3.63) is 63.9 Å². The normalized spacial score (nSPS) is 11.2. The number of anilines is 1. The van der Waals surface area contributed by atoms with Crippen molar-refractivity contribution in [2.24, 2.45) is 10.9 Å². The van der Waals surface area contributed by atoms with Crippen LogP contribution in [0.1, 0.15) is 15.9 Å². The SMILES string of the molecule is N/C(=N/O)c1cccc(NC(=O)c2cccc(Br)c2F)c1. The van der Waals surface area contributed by atoms with Crippen molar-refractivity contribution in [3.63, 3.8) is 0 Å². The summed E-state index contributed by atoms with van der Waals surface area (Å²) in [6.45, 7) is 0. The molecule has 108 valence electrons. The third kappa shape index (κ3) is 3.38. The maximum Gasteiger partial charge on any atom is 0.258 e. The van der Waals surface area contributed by atoms with Crippen molar-refractivity contribution in [2.75, 3.05) is 5.32 Å². The lowest BCUT2D eigenvalue weighted by atomic mass is 10.1. The van der Waals surface area contributed by atoms with Crippen molar-refractivity contribution >= 4 is 33.4 Å². The van der Waals surface area contributed by atoms with Gasteiger partial charge in [-0.2, -0.15) is 0 Å². The van der Waals surface area contributed by atoms with Gasteiger partial charge in [-0.3, -0.25) is 4.79 Å². The summed E-state index contributed by atoms with van der Waals surface area (Å²) in [5, 5.41) is 14.1. The van der Waals surface area contributed by atoms with Gasteiger partial charge in [-0.05, 0) is 40.2 Å². The second-order valence-electron chi connectivity index (χ2n) is 4.12. The molecule has 0 atom stereocenters. The molecule has 2 rings (SSSR count). The van der Waals surface area contributed by atoms with E-state index in [2.05, 4.69) is 26.4 Å². The van der Waals surface area contributed by atoms with E-state index < -0.39 is 11.7 Å². The lowest BCUT2D eigenvalue weighted by Crippen LogP contribution is -2.16. The monoisotopic (exact) mass is 351 g/mol. The molecular formula is C14H11BrFN3O2. The molecule has 0 fully saturated rings. The first-order valence-corrected chi connectivity index (χ1v) is 6.65. The number of hydrogen-bond donors (Lipinski definition) is 3. The summed E-state index contributed by atoms with van der Waals surface area (Å²) in [6, 6.07) is 10.8. The minimum Gasteiger partial charge on any atom is -0.409 e. The zero-order valence-electron chi connectivity index (χ0n) is 10.7. The molecule has 2 aromatic carbocycles. The molecule has 0 spiro atoms. The van der Waals surface area contributed by atoms with Crippen LogP contribution >= 0.6 is 15.9 Å². The van der Waals surface area contributed by atoms with E-state index in [0.29, 0.717) is 11.3 Å². The minimum atomic E-state index is -0.636. The molecule has 0 bridgehead atoms. The standard InChI is InChI=1S/C14H11BrFN3O2/c15-11-6-2-5-10(12(11)16)14(20)18-9-4-1-3-8(7-9)13(17)19-21/h1-7,21H,(H2,17,19)(H,18,20). The number of rotatable bonds is 3. The van der Waals surface area contributed by atoms with Crippen LogP contribution in [0.15, 0.2) is 52.1 Å². The smallest absolute Gasteiger partial charge is 0.258 e. The van der Waals surface area contributed by atoms with Gasteiger partial charge in [-0.1, -0.05) is 23.4 Å². The highest BCUT2D eigenvalue weighted by Crippen LogP contribution is 2.20. The Labute approximate surface area is 128 Å². The summed E-state index contributed by atoms with van der Waals surface area (Å²) in [6.07, 6.45) is 0. The van der Waals surface area contributed by atoms with Crippen LogP contribution in [-0.2, 0) is 0 Å². The largest absolute Gasteiger partial charge is 0.409 e. The molecule has 2 aromatic rings. The van der Waals surface area contributed by atoms with Crippen molar-refractivity contribution in [2.45, 2.75) is 0 Å². The average Bonchev–Trinajstić information content (AvgIpc) is 2.49. The summed E-state index contributed by atoms with van der Waals surface area (Å²) in [5.74, 6) is -1.31. The molecule has 0 aliphatic rings. The topological polar surface area (TPSA) is 87.7 Å². The number of hydrogen-bond acceptors (Lipinski definition) is 3. The van der Waals surface area contributed by atoms with Crippen molar-refractivity contribution in [1.29, 1.82) is 0 Å². The number of carbonyl (C=O) groups excluding carboxylic acids is 1. The molecule has 0 saturated carbocycles. The summed E-state index contributed by atoms with van der Waals surface area (Å²) in [5.41, 5.74) is 6.23. The van der Waals surface area contributed by atoms with E-state index in [-0.39, 0.29) is 15.9 Å². The Morgan fingerprint density at radius 1 is 1.29 bits per heavy atom. The van der Waals surface area contributed by atoms with Crippen LogP contribution in [0.2, 0.25) is 0 Å². The Morgan fingerprint density at radius 2 is 2.00 bits per heavy atom. The van der Waals surface area contributed by atoms with Crippen LogP contribution in [0, 0.1) is 5.82 Å². The van der Waals surface area contributed by atoms with Crippen LogP contribution in [-0.4, -0.2) is 17.0 Å². The van der Waals surface area contributed by atoms with Gasteiger partial charge in [0, 0.05) is 11.3 Å². The van der Waals surface area contributed by atoms with E-state index in [9.17, 15) is 9.18 Å². The average molecular weight is 352 g/mol. The predicted molar refractivity (Wildman–Crippen MR) is 81.0 cm³/mol. The summed E-state index contributed by atoms with van der Waals surface area (Å²) < 4.78 is 14.0. The predicted octanol–water partition coefficient (Wildman–Crippen LogP) is 2.94. The van der Waals surface area contributed by atoms with Gasteiger partial charge in [0.15, 0.2) is 5.84 Å². The number of halogens is 2. The van der Waals surface area contributed by atoms with Gasteiger partial charge in [0.1, 0.15) is 5.82 Å². The number of amides is 1. The fraction of sp³-hybridized carbons (Fsp3) is 0. The highest BCUT2D eigenvalue weighted by Gasteiger charge is 2.14. The highest BCUT2D eigenvalue weighted by atomic mass is 79.9. The van der Waals surface area contributed by atoms with Gasteiger partial charge in [0.25, 0.3) is 5.91 Å².